The monoisotopic (exact) mass is 379 g/mol. The molecule has 10 heteroatoms. The first-order chi connectivity index (χ1) is 12.2. The highest BCUT2D eigenvalue weighted by Gasteiger charge is 2.17. The van der Waals surface area contributed by atoms with E-state index in [1.165, 1.54) is 31.3 Å². The predicted octanol–water partition coefficient (Wildman–Crippen LogP) is 1.83. The summed E-state index contributed by atoms with van der Waals surface area (Å²) in [6, 6.07) is 10.1. The number of nitro groups is 1. The van der Waals surface area contributed by atoms with Crippen LogP contribution in [0.4, 0.5) is 11.4 Å². The molecular formula is C16H17N3O6S. The van der Waals surface area contributed by atoms with Crippen LogP contribution in [0.15, 0.2) is 47.4 Å². The van der Waals surface area contributed by atoms with Gasteiger partial charge < -0.3 is 10.1 Å². The molecule has 26 heavy (non-hydrogen) atoms. The lowest BCUT2D eigenvalue weighted by Gasteiger charge is -2.11. The molecular weight excluding hydrogens is 362 g/mol. The Hall–Kier alpha value is -2.98. The molecule has 0 spiro atoms. The highest BCUT2D eigenvalue weighted by atomic mass is 32.2. The van der Waals surface area contributed by atoms with Crippen molar-refractivity contribution in [1.29, 1.82) is 0 Å². The van der Waals surface area contributed by atoms with Gasteiger partial charge in [-0.05, 0) is 37.7 Å². The number of aryl methyl sites for hydroxylation is 1. The minimum absolute atomic E-state index is 0.0324. The van der Waals surface area contributed by atoms with Crippen LogP contribution in [0.3, 0.4) is 0 Å². The molecule has 2 aromatic rings. The number of carbonyl (C=O) groups excluding carboxylic acids is 1. The van der Waals surface area contributed by atoms with Crippen LogP contribution in [-0.4, -0.2) is 32.9 Å². The predicted molar refractivity (Wildman–Crippen MR) is 94.6 cm³/mol. The van der Waals surface area contributed by atoms with Gasteiger partial charge in [0.25, 0.3) is 5.91 Å². The summed E-state index contributed by atoms with van der Waals surface area (Å²) in [5.41, 5.74) is 0.534. The molecule has 0 atom stereocenters. The number of rotatable bonds is 7. The van der Waals surface area contributed by atoms with E-state index in [0.29, 0.717) is 5.56 Å². The number of anilines is 1. The first-order valence-corrected chi connectivity index (χ1v) is 8.93. The molecule has 9 nitrogen and oxygen atoms in total. The zero-order valence-corrected chi connectivity index (χ0v) is 14.9. The molecule has 0 heterocycles. The molecule has 0 aliphatic rings. The van der Waals surface area contributed by atoms with E-state index in [4.69, 9.17) is 4.74 Å². The summed E-state index contributed by atoms with van der Waals surface area (Å²) in [7, 11) is -2.37. The number of ether oxygens (including phenoxy) is 1. The molecule has 0 aliphatic carbocycles. The van der Waals surface area contributed by atoms with E-state index in [1.54, 1.807) is 25.1 Å². The Kier molecular flexibility index (Phi) is 5.90. The fourth-order valence-electron chi connectivity index (χ4n) is 2.15. The second-order valence-electron chi connectivity index (χ2n) is 5.25. The topological polar surface area (TPSA) is 128 Å². The zero-order valence-electron chi connectivity index (χ0n) is 14.1. The van der Waals surface area contributed by atoms with Gasteiger partial charge in [-0.2, -0.15) is 0 Å². The van der Waals surface area contributed by atoms with Gasteiger partial charge in [0.2, 0.25) is 10.0 Å². The second-order valence-corrected chi connectivity index (χ2v) is 7.10. The van der Waals surface area contributed by atoms with Crippen LogP contribution in [0.25, 0.3) is 0 Å². The molecule has 138 valence electrons. The lowest BCUT2D eigenvalue weighted by atomic mass is 10.2. The van der Waals surface area contributed by atoms with Crippen molar-refractivity contribution in [1.82, 2.24) is 4.72 Å². The Balaban J connectivity index is 2.10. The van der Waals surface area contributed by atoms with Crippen molar-refractivity contribution in [3.8, 4) is 5.75 Å². The van der Waals surface area contributed by atoms with E-state index in [-0.39, 0.29) is 22.0 Å². The zero-order chi connectivity index (χ0) is 19.3. The number of nitro benzene ring substituents is 1. The number of nitrogens with zero attached hydrogens (tertiary/aromatic N) is 1. The minimum Gasteiger partial charge on any atom is -0.477 e. The van der Waals surface area contributed by atoms with Crippen LogP contribution >= 0.6 is 0 Å². The molecule has 0 bridgehead atoms. The maximum atomic E-state index is 12.0. The van der Waals surface area contributed by atoms with Gasteiger partial charge in [0.15, 0.2) is 12.4 Å². The lowest BCUT2D eigenvalue weighted by molar-refractivity contribution is -0.385. The van der Waals surface area contributed by atoms with Crippen molar-refractivity contribution in [2.45, 2.75) is 11.8 Å². The van der Waals surface area contributed by atoms with Crippen LogP contribution in [0.5, 0.6) is 5.75 Å². The Morgan fingerprint density at radius 1 is 1.23 bits per heavy atom. The van der Waals surface area contributed by atoms with Crippen molar-refractivity contribution in [2.75, 3.05) is 19.0 Å². The van der Waals surface area contributed by atoms with Crippen LogP contribution in [0.2, 0.25) is 0 Å². The fraction of sp³-hybridized carbons (Fsp3) is 0.188. The molecule has 1 amide bonds. The van der Waals surface area contributed by atoms with Crippen molar-refractivity contribution >= 4 is 27.3 Å². The molecule has 0 fully saturated rings. The van der Waals surface area contributed by atoms with E-state index >= 15 is 0 Å². The van der Waals surface area contributed by atoms with Gasteiger partial charge in [-0.25, -0.2) is 13.1 Å². The van der Waals surface area contributed by atoms with E-state index in [1.807, 2.05) is 0 Å². The molecule has 0 unspecified atom stereocenters. The SMILES string of the molecule is CNS(=O)(=O)c1cc(NC(=O)COc2ccccc2[N+](=O)[O-])ccc1C. The molecule has 0 aliphatic heterocycles. The smallest absolute Gasteiger partial charge is 0.310 e. The fourth-order valence-corrected chi connectivity index (χ4v) is 3.14. The largest absolute Gasteiger partial charge is 0.477 e. The Morgan fingerprint density at radius 3 is 2.58 bits per heavy atom. The summed E-state index contributed by atoms with van der Waals surface area (Å²) in [5.74, 6) is -0.616. The van der Waals surface area contributed by atoms with Gasteiger partial charge in [0.1, 0.15) is 0 Å². The number of amides is 1. The van der Waals surface area contributed by atoms with Crippen molar-refractivity contribution < 1.29 is 22.9 Å². The number of sulfonamides is 1. The second kappa shape index (κ2) is 7.93. The van der Waals surface area contributed by atoms with Crippen LogP contribution in [0.1, 0.15) is 5.56 Å². The van der Waals surface area contributed by atoms with Gasteiger partial charge in [-0.15, -0.1) is 0 Å². The molecule has 0 saturated carbocycles. The van der Waals surface area contributed by atoms with E-state index in [2.05, 4.69) is 10.0 Å². The molecule has 0 radical (unpaired) electrons. The third-order valence-electron chi connectivity index (χ3n) is 3.45. The number of hydrogen-bond donors (Lipinski definition) is 2. The number of benzene rings is 2. The summed E-state index contributed by atoms with van der Waals surface area (Å²) >= 11 is 0. The number of para-hydroxylation sites is 2. The summed E-state index contributed by atoms with van der Waals surface area (Å²) in [6.45, 7) is 1.17. The molecule has 0 saturated heterocycles. The van der Waals surface area contributed by atoms with Gasteiger partial charge in [-0.1, -0.05) is 18.2 Å². The normalized spacial score (nSPS) is 11.0. The van der Waals surface area contributed by atoms with Crippen molar-refractivity contribution in [3.05, 3.63) is 58.1 Å². The quantitative estimate of drug-likeness (QED) is 0.558. The Morgan fingerprint density at radius 2 is 1.92 bits per heavy atom. The van der Waals surface area contributed by atoms with E-state index < -0.39 is 27.5 Å². The summed E-state index contributed by atoms with van der Waals surface area (Å²) in [5, 5.41) is 13.4. The van der Waals surface area contributed by atoms with Gasteiger partial charge in [0, 0.05) is 11.8 Å². The number of nitrogens with one attached hydrogen (secondary N) is 2. The average molecular weight is 379 g/mol. The molecule has 0 aromatic heterocycles. The molecule has 2 aromatic carbocycles. The van der Waals surface area contributed by atoms with E-state index in [0.717, 1.165) is 0 Å². The Bertz CT molecular complexity index is 943. The molecule has 2 N–H and O–H groups in total. The first-order valence-electron chi connectivity index (χ1n) is 7.45. The standard InChI is InChI=1S/C16H17N3O6S/c1-11-7-8-12(9-15(11)26(23,24)17-2)18-16(20)10-25-14-6-4-3-5-13(14)19(21)22/h3-9,17H,10H2,1-2H3,(H,18,20). The van der Waals surface area contributed by atoms with E-state index in [9.17, 15) is 23.3 Å². The van der Waals surface area contributed by atoms with Crippen molar-refractivity contribution in [2.24, 2.45) is 0 Å². The maximum Gasteiger partial charge on any atom is 0.310 e. The third-order valence-corrected chi connectivity index (χ3v) is 5.01. The summed E-state index contributed by atoms with van der Waals surface area (Å²) in [6.07, 6.45) is 0. The first kappa shape index (κ1) is 19.3. The number of hydrogen-bond acceptors (Lipinski definition) is 6. The van der Waals surface area contributed by atoms with Gasteiger partial charge in [-0.3, -0.25) is 14.9 Å². The van der Waals surface area contributed by atoms with Crippen LogP contribution < -0.4 is 14.8 Å². The summed E-state index contributed by atoms with van der Waals surface area (Å²) < 4.78 is 31.3. The maximum absolute atomic E-state index is 12.0. The van der Waals surface area contributed by atoms with Crippen molar-refractivity contribution in [3.63, 3.8) is 0 Å². The highest BCUT2D eigenvalue weighted by molar-refractivity contribution is 7.89. The minimum atomic E-state index is -3.67. The lowest BCUT2D eigenvalue weighted by Crippen LogP contribution is -2.22. The van der Waals surface area contributed by atoms with Crippen LogP contribution in [-0.2, 0) is 14.8 Å². The van der Waals surface area contributed by atoms with Gasteiger partial charge >= 0.3 is 5.69 Å². The van der Waals surface area contributed by atoms with Crippen LogP contribution in [0, 0.1) is 17.0 Å². The third kappa shape index (κ3) is 4.55. The summed E-state index contributed by atoms with van der Waals surface area (Å²) in [4.78, 5) is 22.4. The highest BCUT2D eigenvalue weighted by Crippen LogP contribution is 2.26. The Labute approximate surface area is 150 Å². The van der Waals surface area contributed by atoms with Gasteiger partial charge in [0.05, 0.1) is 9.82 Å². The average Bonchev–Trinajstić information content (AvgIpc) is 2.61. The number of carbonyl (C=O) groups is 1. The molecule has 2 rings (SSSR count).